The minimum Gasteiger partial charge on any atom is -0.452 e. The third kappa shape index (κ3) is 5.84. The van der Waals surface area contributed by atoms with Gasteiger partial charge in [-0.1, -0.05) is 24.3 Å². The molecule has 2 heterocycles. The Hall–Kier alpha value is -3.60. The number of aromatic nitrogens is 1. The van der Waals surface area contributed by atoms with E-state index in [1.165, 1.54) is 40.7 Å². The molecule has 1 aromatic heterocycles. The van der Waals surface area contributed by atoms with Gasteiger partial charge in [-0.25, -0.2) is 18.2 Å². The molecular formula is C24H23N3O6S. The van der Waals surface area contributed by atoms with E-state index in [1.807, 2.05) is 30.3 Å². The van der Waals surface area contributed by atoms with Gasteiger partial charge in [-0.2, -0.15) is 4.31 Å². The van der Waals surface area contributed by atoms with Crippen LogP contribution in [0.3, 0.4) is 0 Å². The molecule has 0 unspecified atom stereocenters. The Balaban J connectivity index is 1.27. The lowest BCUT2D eigenvalue weighted by Crippen LogP contribution is -2.40. The summed E-state index contributed by atoms with van der Waals surface area (Å²) in [6, 6.07) is 17.1. The second-order valence-corrected chi connectivity index (χ2v) is 9.40. The number of esters is 1. The van der Waals surface area contributed by atoms with Crippen LogP contribution in [-0.4, -0.2) is 62.5 Å². The summed E-state index contributed by atoms with van der Waals surface area (Å²) in [7, 11) is -3.61. The van der Waals surface area contributed by atoms with Crippen molar-refractivity contribution in [2.75, 3.05) is 38.2 Å². The normalized spacial score (nSPS) is 14.8. The number of pyridine rings is 1. The van der Waals surface area contributed by atoms with Crippen LogP contribution in [0.2, 0.25) is 0 Å². The van der Waals surface area contributed by atoms with Crippen molar-refractivity contribution in [3.8, 4) is 0 Å². The second kappa shape index (κ2) is 10.6. The van der Waals surface area contributed by atoms with Gasteiger partial charge in [0.1, 0.15) is 0 Å². The summed E-state index contributed by atoms with van der Waals surface area (Å²) in [5, 5.41) is 3.56. The highest BCUT2D eigenvalue weighted by molar-refractivity contribution is 7.89. The molecule has 1 saturated heterocycles. The van der Waals surface area contributed by atoms with E-state index < -0.39 is 28.5 Å². The van der Waals surface area contributed by atoms with Crippen LogP contribution in [0.1, 0.15) is 5.69 Å². The largest absolute Gasteiger partial charge is 0.452 e. The van der Waals surface area contributed by atoms with Crippen molar-refractivity contribution in [1.82, 2.24) is 9.29 Å². The number of morpholine rings is 1. The van der Waals surface area contributed by atoms with Crippen LogP contribution in [0, 0.1) is 0 Å². The molecule has 1 aliphatic rings. The van der Waals surface area contributed by atoms with Gasteiger partial charge in [0.05, 0.1) is 29.3 Å². The Morgan fingerprint density at radius 2 is 1.76 bits per heavy atom. The van der Waals surface area contributed by atoms with Gasteiger partial charge < -0.3 is 14.8 Å². The van der Waals surface area contributed by atoms with Crippen LogP contribution in [0.15, 0.2) is 71.6 Å². The van der Waals surface area contributed by atoms with Gasteiger partial charge in [0.15, 0.2) is 6.61 Å². The molecule has 4 rings (SSSR count). The predicted octanol–water partition coefficient (Wildman–Crippen LogP) is 2.45. The van der Waals surface area contributed by atoms with Crippen molar-refractivity contribution >= 4 is 44.6 Å². The number of amides is 1. The number of ether oxygens (including phenoxy) is 2. The Labute approximate surface area is 197 Å². The Morgan fingerprint density at radius 3 is 2.53 bits per heavy atom. The molecule has 34 heavy (non-hydrogen) atoms. The van der Waals surface area contributed by atoms with E-state index in [9.17, 15) is 18.0 Å². The summed E-state index contributed by atoms with van der Waals surface area (Å²) >= 11 is 0. The Kier molecular flexibility index (Phi) is 7.31. The molecule has 3 aromatic rings. The maximum Gasteiger partial charge on any atom is 0.331 e. The molecule has 1 amide bonds. The number of hydrogen-bond acceptors (Lipinski definition) is 7. The fraction of sp³-hybridized carbons (Fsp3) is 0.208. The van der Waals surface area contributed by atoms with Gasteiger partial charge in [-0.3, -0.25) is 4.79 Å². The Morgan fingerprint density at radius 1 is 1.03 bits per heavy atom. The number of carbonyl (C=O) groups is 2. The maximum atomic E-state index is 12.6. The van der Waals surface area contributed by atoms with E-state index in [0.29, 0.717) is 37.7 Å². The molecule has 0 bridgehead atoms. The summed E-state index contributed by atoms with van der Waals surface area (Å²) in [6.45, 7) is 0.845. The van der Waals surface area contributed by atoms with Crippen molar-refractivity contribution in [1.29, 1.82) is 0 Å². The van der Waals surface area contributed by atoms with E-state index >= 15 is 0 Å². The van der Waals surface area contributed by atoms with Crippen LogP contribution in [0.4, 0.5) is 5.69 Å². The molecule has 0 aliphatic carbocycles. The minimum absolute atomic E-state index is 0.131. The van der Waals surface area contributed by atoms with E-state index in [0.717, 1.165) is 10.9 Å². The predicted molar refractivity (Wildman–Crippen MR) is 126 cm³/mol. The van der Waals surface area contributed by atoms with Crippen molar-refractivity contribution in [2.24, 2.45) is 0 Å². The maximum absolute atomic E-state index is 12.6. The number of nitrogens with zero attached hydrogens (tertiary/aromatic N) is 2. The lowest BCUT2D eigenvalue weighted by Gasteiger charge is -2.26. The first-order valence-electron chi connectivity index (χ1n) is 10.6. The van der Waals surface area contributed by atoms with Crippen LogP contribution in [-0.2, 0) is 29.1 Å². The molecule has 2 aromatic carbocycles. The number of benzene rings is 2. The SMILES string of the molecule is O=C(COC(=O)/C=C/c1ccc2ccccc2n1)Nc1ccc(S(=O)(=O)N2CCOCC2)cc1. The second-order valence-electron chi connectivity index (χ2n) is 7.46. The van der Waals surface area contributed by atoms with Gasteiger partial charge in [-0.05, 0) is 42.5 Å². The number of carbonyl (C=O) groups excluding carboxylic acids is 2. The highest BCUT2D eigenvalue weighted by atomic mass is 32.2. The molecule has 1 fully saturated rings. The highest BCUT2D eigenvalue weighted by Gasteiger charge is 2.26. The topological polar surface area (TPSA) is 115 Å². The minimum atomic E-state index is -3.61. The molecule has 0 spiro atoms. The van der Waals surface area contributed by atoms with Crippen molar-refractivity contribution < 1.29 is 27.5 Å². The first-order chi connectivity index (χ1) is 16.4. The van der Waals surface area contributed by atoms with E-state index in [1.54, 1.807) is 6.07 Å². The van der Waals surface area contributed by atoms with Gasteiger partial charge in [-0.15, -0.1) is 0 Å². The fourth-order valence-electron chi connectivity index (χ4n) is 3.36. The number of fused-ring (bicyclic) bond motifs is 1. The van der Waals surface area contributed by atoms with E-state index in [-0.39, 0.29) is 4.90 Å². The molecule has 9 nitrogen and oxygen atoms in total. The van der Waals surface area contributed by atoms with Crippen LogP contribution >= 0.6 is 0 Å². The fourth-order valence-corrected chi connectivity index (χ4v) is 4.76. The van der Waals surface area contributed by atoms with Crippen LogP contribution in [0.5, 0.6) is 0 Å². The zero-order valence-electron chi connectivity index (χ0n) is 18.2. The summed E-state index contributed by atoms with van der Waals surface area (Å²) in [5.74, 6) is -1.23. The number of rotatable bonds is 7. The lowest BCUT2D eigenvalue weighted by molar-refractivity contribution is -0.142. The monoisotopic (exact) mass is 481 g/mol. The van der Waals surface area contributed by atoms with Crippen molar-refractivity contribution in [3.05, 3.63) is 72.4 Å². The summed E-state index contributed by atoms with van der Waals surface area (Å²) in [5.41, 5.74) is 1.78. The van der Waals surface area contributed by atoms with Gasteiger partial charge in [0.2, 0.25) is 10.0 Å². The smallest absolute Gasteiger partial charge is 0.331 e. The summed E-state index contributed by atoms with van der Waals surface area (Å²) < 4.78 is 36.8. The summed E-state index contributed by atoms with van der Waals surface area (Å²) in [6.07, 6.45) is 2.72. The molecule has 0 saturated carbocycles. The van der Waals surface area contributed by atoms with E-state index in [4.69, 9.17) is 9.47 Å². The van der Waals surface area contributed by atoms with E-state index in [2.05, 4.69) is 10.3 Å². The molecule has 1 N–H and O–H groups in total. The first kappa shape index (κ1) is 23.6. The molecule has 0 atom stereocenters. The quantitative estimate of drug-likeness (QED) is 0.407. The van der Waals surface area contributed by atoms with Crippen LogP contribution < -0.4 is 5.32 Å². The molecule has 1 aliphatic heterocycles. The number of anilines is 1. The lowest BCUT2D eigenvalue weighted by atomic mass is 10.2. The van der Waals surface area contributed by atoms with Crippen molar-refractivity contribution in [3.63, 3.8) is 0 Å². The Bertz CT molecular complexity index is 1320. The molecule has 0 radical (unpaired) electrons. The van der Waals surface area contributed by atoms with Gasteiger partial charge in [0, 0.05) is 30.2 Å². The van der Waals surface area contributed by atoms with Crippen molar-refractivity contribution in [2.45, 2.75) is 4.90 Å². The van der Waals surface area contributed by atoms with Gasteiger partial charge in [0.25, 0.3) is 5.91 Å². The zero-order chi connectivity index (χ0) is 24.0. The number of para-hydroxylation sites is 1. The molecule has 176 valence electrons. The number of sulfonamides is 1. The zero-order valence-corrected chi connectivity index (χ0v) is 19.0. The van der Waals surface area contributed by atoms with Crippen LogP contribution in [0.25, 0.3) is 17.0 Å². The standard InChI is InChI=1S/C24H23N3O6S/c28-23(17-33-24(29)12-9-19-6-5-18-3-1-2-4-22(18)25-19)26-20-7-10-21(11-8-20)34(30,31)27-13-15-32-16-14-27/h1-12H,13-17H2,(H,26,28)/b12-9+. The first-order valence-corrected chi connectivity index (χ1v) is 12.0. The highest BCUT2D eigenvalue weighted by Crippen LogP contribution is 2.19. The third-order valence-corrected chi connectivity index (χ3v) is 7.01. The molecule has 10 heteroatoms. The number of hydrogen-bond donors (Lipinski definition) is 1. The average Bonchev–Trinajstić information content (AvgIpc) is 2.87. The molecular weight excluding hydrogens is 458 g/mol. The average molecular weight is 482 g/mol. The summed E-state index contributed by atoms with van der Waals surface area (Å²) in [4.78, 5) is 28.6. The number of nitrogens with one attached hydrogen (secondary N) is 1. The van der Waals surface area contributed by atoms with Gasteiger partial charge >= 0.3 is 5.97 Å². The third-order valence-electron chi connectivity index (χ3n) is 5.10.